The van der Waals surface area contributed by atoms with Gasteiger partial charge in [-0.3, -0.25) is 10.1 Å². The Morgan fingerprint density at radius 2 is 1.90 bits per heavy atom. The van der Waals surface area contributed by atoms with Crippen molar-refractivity contribution in [1.29, 1.82) is 0 Å². The highest BCUT2D eigenvalue weighted by atomic mass is 16.5. The van der Waals surface area contributed by atoms with Crippen molar-refractivity contribution in [3.8, 4) is 0 Å². The Labute approximate surface area is 117 Å². The van der Waals surface area contributed by atoms with E-state index in [1.54, 1.807) is 4.90 Å². The van der Waals surface area contributed by atoms with Crippen LogP contribution in [0.3, 0.4) is 0 Å². The number of rotatable bonds is 3. The second-order valence-corrected chi connectivity index (χ2v) is 4.69. The summed E-state index contributed by atoms with van der Waals surface area (Å²) >= 11 is 0. The number of urea groups is 1. The predicted molar refractivity (Wildman–Crippen MR) is 74.1 cm³/mol. The Morgan fingerprint density at radius 3 is 2.55 bits per heavy atom. The lowest BCUT2D eigenvalue weighted by atomic mass is 10.1. The van der Waals surface area contributed by atoms with E-state index in [-0.39, 0.29) is 0 Å². The van der Waals surface area contributed by atoms with E-state index in [0.717, 1.165) is 5.56 Å². The van der Waals surface area contributed by atoms with Crippen molar-refractivity contribution in [2.75, 3.05) is 26.3 Å². The molecular formula is C14H19N3O3. The molecule has 1 aliphatic rings. The van der Waals surface area contributed by atoms with Crippen LogP contribution in [0.4, 0.5) is 4.79 Å². The molecule has 6 heteroatoms. The Kier molecular flexibility index (Phi) is 5.09. The number of hydrogen-bond donors (Lipinski definition) is 2. The Bertz CT molecular complexity index is 458. The van der Waals surface area contributed by atoms with Gasteiger partial charge in [-0.15, -0.1) is 0 Å². The van der Waals surface area contributed by atoms with Crippen LogP contribution in [-0.4, -0.2) is 49.2 Å². The molecule has 1 aromatic rings. The molecule has 108 valence electrons. The number of nitrogens with two attached hydrogens (primary N) is 1. The molecule has 20 heavy (non-hydrogen) atoms. The van der Waals surface area contributed by atoms with Gasteiger partial charge in [0, 0.05) is 13.1 Å². The quantitative estimate of drug-likeness (QED) is 0.822. The molecule has 0 radical (unpaired) electrons. The Balaban J connectivity index is 1.82. The SMILES string of the molecule is N[C@@H](Cc1ccccc1)C(=O)NC(=O)N1CCOCC1. The fraction of sp³-hybridized carbons (Fsp3) is 0.429. The molecule has 6 nitrogen and oxygen atoms in total. The van der Waals surface area contributed by atoms with Gasteiger partial charge in [-0.1, -0.05) is 30.3 Å². The minimum absolute atomic E-state index is 0.401. The van der Waals surface area contributed by atoms with Crippen molar-refractivity contribution in [2.45, 2.75) is 12.5 Å². The van der Waals surface area contributed by atoms with Crippen LogP contribution in [0.2, 0.25) is 0 Å². The van der Waals surface area contributed by atoms with Gasteiger partial charge in [0.05, 0.1) is 19.3 Å². The van der Waals surface area contributed by atoms with Crippen molar-refractivity contribution in [3.63, 3.8) is 0 Å². The lowest BCUT2D eigenvalue weighted by molar-refractivity contribution is -0.121. The van der Waals surface area contributed by atoms with Crippen LogP contribution >= 0.6 is 0 Å². The second-order valence-electron chi connectivity index (χ2n) is 4.69. The highest BCUT2D eigenvalue weighted by molar-refractivity contribution is 5.97. The summed E-state index contributed by atoms with van der Waals surface area (Å²) in [7, 11) is 0. The van der Waals surface area contributed by atoms with Crippen LogP contribution in [0, 0.1) is 0 Å². The molecule has 1 atom stereocenters. The molecule has 1 aromatic carbocycles. The minimum atomic E-state index is -0.734. The molecular weight excluding hydrogens is 258 g/mol. The third-order valence-electron chi connectivity index (χ3n) is 3.16. The molecule has 3 N–H and O–H groups in total. The van der Waals surface area contributed by atoms with Crippen LogP contribution in [0.25, 0.3) is 0 Å². The van der Waals surface area contributed by atoms with E-state index in [4.69, 9.17) is 10.5 Å². The van der Waals surface area contributed by atoms with Crippen molar-refractivity contribution in [3.05, 3.63) is 35.9 Å². The van der Waals surface area contributed by atoms with Crippen LogP contribution in [0.15, 0.2) is 30.3 Å². The van der Waals surface area contributed by atoms with Crippen LogP contribution in [0.1, 0.15) is 5.56 Å². The third kappa shape index (κ3) is 4.04. The largest absolute Gasteiger partial charge is 0.378 e. The van der Waals surface area contributed by atoms with Gasteiger partial charge in [0.1, 0.15) is 0 Å². The van der Waals surface area contributed by atoms with Crippen molar-refractivity contribution in [2.24, 2.45) is 5.73 Å². The highest BCUT2D eigenvalue weighted by Crippen LogP contribution is 2.02. The maximum Gasteiger partial charge on any atom is 0.324 e. The standard InChI is InChI=1S/C14H19N3O3/c15-12(10-11-4-2-1-3-5-11)13(18)16-14(19)17-6-8-20-9-7-17/h1-5,12H,6-10,15H2,(H,16,18,19)/t12-/m0/s1. The number of amides is 3. The molecule has 0 bridgehead atoms. The summed E-state index contributed by atoms with van der Waals surface area (Å²) in [5.41, 5.74) is 6.79. The van der Waals surface area contributed by atoms with Crippen LogP contribution in [-0.2, 0) is 16.0 Å². The van der Waals surface area contributed by atoms with Gasteiger partial charge >= 0.3 is 6.03 Å². The zero-order chi connectivity index (χ0) is 14.4. The van der Waals surface area contributed by atoms with E-state index in [1.165, 1.54) is 0 Å². The zero-order valence-corrected chi connectivity index (χ0v) is 11.2. The lowest BCUT2D eigenvalue weighted by Crippen LogP contribution is -2.52. The zero-order valence-electron chi connectivity index (χ0n) is 11.2. The number of morpholine rings is 1. The van der Waals surface area contributed by atoms with Gasteiger partial charge in [-0.25, -0.2) is 4.79 Å². The summed E-state index contributed by atoms with van der Waals surface area (Å²) in [5.74, 6) is -0.453. The third-order valence-corrected chi connectivity index (χ3v) is 3.16. The molecule has 0 unspecified atom stereocenters. The van der Waals surface area contributed by atoms with Crippen molar-refractivity contribution < 1.29 is 14.3 Å². The second kappa shape index (κ2) is 7.02. The molecule has 1 heterocycles. The van der Waals surface area contributed by atoms with E-state index < -0.39 is 18.0 Å². The smallest absolute Gasteiger partial charge is 0.324 e. The number of nitrogens with one attached hydrogen (secondary N) is 1. The summed E-state index contributed by atoms with van der Waals surface area (Å²) in [6, 6.07) is 8.34. The Morgan fingerprint density at radius 1 is 1.25 bits per heavy atom. The fourth-order valence-electron chi connectivity index (χ4n) is 2.00. The molecule has 0 aromatic heterocycles. The molecule has 1 fully saturated rings. The number of nitrogens with zero attached hydrogens (tertiary/aromatic N) is 1. The van der Waals surface area contributed by atoms with Crippen molar-refractivity contribution in [1.82, 2.24) is 10.2 Å². The van der Waals surface area contributed by atoms with Crippen LogP contribution < -0.4 is 11.1 Å². The molecule has 1 saturated heterocycles. The average Bonchev–Trinajstić information content (AvgIpc) is 2.49. The average molecular weight is 277 g/mol. The minimum Gasteiger partial charge on any atom is -0.378 e. The highest BCUT2D eigenvalue weighted by Gasteiger charge is 2.22. The summed E-state index contributed by atoms with van der Waals surface area (Å²) in [6.45, 7) is 1.98. The van der Waals surface area contributed by atoms with Gasteiger partial charge in [0.15, 0.2) is 0 Å². The maximum atomic E-state index is 11.9. The van der Waals surface area contributed by atoms with Gasteiger partial charge in [-0.05, 0) is 12.0 Å². The van der Waals surface area contributed by atoms with Gasteiger partial charge in [0.2, 0.25) is 5.91 Å². The topological polar surface area (TPSA) is 84.7 Å². The Hall–Kier alpha value is -1.92. The first-order valence-corrected chi connectivity index (χ1v) is 6.64. The first-order valence-electron chi connectivity index (χ1n) is 6.64. The van der Waals surface area contributed by atoms with Gasteiger partial charge < -0.3 is 15.4 Å². The molecule has 3 amide bonds. The van der Waals surface area contributed by atoms with E-state index in [1.807, 2.05) is 30.3 Å². The predicted octanol–water partition coefficient (Wildman–Crippen LogP) is 0.125. The molecule has 0 aliphatic carbocycles. The molecule has 0 saturated carbocycles. The summed E-state index contributed by atoms with van der Waals surface area (Å²) in [6.07, 6.45) is 0.406. The summed E-state index contributed by atoms with van der Waals surface area (Å²) in [5, 5.41) is 2.34. The number of hydrogen-bond acceptors (Lipinski definition) is 4. The van der Waals surface area contributed by atoms with Crippen LogP contribution in [0.5, 0.6) is 0 Å². The first kappa shape index (κ1) is 14.5. The van der Waals surface area contributed by atoms with E-state index in [9.17, 15) is 9.59 Å². The summed E-state index contributed by atoms with van der Waals surface area (Å²) < 4.78 is 5.15. The van der Waals surface area contributed by atoms with E-state index in [0.29, 0.717) is 32.7 Å². The fourth-order valence-corrected chi connectivity index (χ4v) is 2.00. The van der Waals surface area contributed by atoms with E-state index in [2.05, 4.69) is 5.32 Å². The monoisotopic (exact) mass is 277 g/mol. The van der Waals surface area contributed by atoms with Crippen molar-refractivity contribution >= 4 is 11.9 Å². The summed E-state index contributed by atoms with van der Waals surface area (Å²) in [4.78, 5) is 25.3. The number of ether oxygens (including phenoxy) is 1. The number of benzene rings is 1. The lowest BCUT2D eigenvalue weighted by Gasteiger charge is -2.27. The first-order chi connectivity index (χ1) is 9.66. The van der Waals surface area contributed by atoms with Gasteiger partial charge in [-0.2, -0.15) is 0 Å². The van der Waals surface area contributed by atoms with Gasteiger partial charge in [0.25, 0.3) is 0 Å². The maximum absolute atomic E-state index is 11.9. The molecule has 0 spiro atoms. The molecule has 2 rings (SSSR count). The number of carbonyl (C=O) groups is 2. The normalized spacial score (nSPS) is 16.6. The molecule has 1 aliphatic heterocycles. The number of carbonyl (C=O) groups excluding carboxylic acids is 2. The number of imide groups is 1. The van der Waals surface area contributed by atoms with E-state index >= 15 is 0 Å².